The number of carbonyl (C=O) groups is 1. The molecule has 2 aliphatic carbocycles. The number of hydrogen-bond donors (Lipinski definition) is 3. The fourth-order valence-corrected chi connectivity index (χ4v) is 2.33. The van der Waals surface area contributed by atoms with Crippen LogP contribution in [0.2, 0.25) is 0 Å². The van der Waals surface area contributed by atoms with Crippen molar-refractivity contribution in [1.82, 2.24) is 4.98 Å². The number of nitrogens with two attached hydrogens (primary N) is 2. The van der Waals surface area contributed by atoms with E-state index in [9.17, 15) is 4.79 Å². The van der Waals surface area contributed by atoms with Gasteiger partial charge in [0.15, 0.2) is 0 Å². The molecule has 1 fully saturated rings. The summed E-state index contributed by atoms with van der Waals surface area (Å²) in [5.74, 6) is 0.181. The second-order valence-corrected chi connectivity index (χ2v) is 4.86. The molecule has 2 aliphatic rings. The lowest BCUT2D eigenvalue weighted by atomic mass is 10.1. The molecule has 0 spiro atoms. The van der Waals surface area contributed by atoms with Gasteiger partial charge in [0.05, 0.1) is 5.56 Å². The summed E-state index contributed by atoms with van der Waals surface area (Å²) in [5.41, 5.74) is 13.9. The first-order valence-corrected chi connectivity index (χ1v) is 6.00. The average molecular weight is 232 g/mol. The zero-order valence-electron chi connectivity index (χ0n) is 9.57. The second-order valence-electron chi connectivity index (χ2n) is 4.86. The van der Waals surface area contributed by atoms with Crippen LogP contribution < -0.4 is 16.8 Å². The molecule has 5 N–H and O–H groups in total. The first kappa shape index (κ1) is 10.5. The van der Waals surface area contributed by atoms with Gasteiger partial charge >= 0.3 is 0 Å². The summed E-state index contributed by atoms with van der Waals surface area (Å²) in [7, 11) is 0. The average Bonchev–Trinajstić information content (AvgIpc) is 2.78. The van der Waals surface area contributed by atoms with Crippen molar-refractivity contribution < 1.29 is 4.79 Å². The predicted octanol–water partition coefficient (Wildman–Crippen LogP) is 0.181. The summed E-state index contributed by atoms with van der Waals surface area (Å²) in [5, 5.41) is 3.21. The van der Waals surface area contributed by atoms with E-state index < -0.39 is 5.91 Å². The van der Waals surface area contributed by atoms with E-state index in [0.717, 1.165) is 36.9 Å². The highest BCUT2D eigenvalue weighted by atomic mass is 16.1. The molecular weight excluding hydrogens is 216 g/mol. The number of aryl methyl sites for hydroxylation is 2. The van der Waals surface area contributed by atoms with Crippen molar-refractivity contribution in [3.05, 3.63) is 22.9 Å². The van der Waals surface area contributed by atoms with Gasteiger partial charge in [-0.1, -0.05) is 0 Å². The van der Waals surface area contributed by atoms with Gasteiger partial charge in [0.25, 0.3) is 5.91 Å². The highest BCUT2D eigenvalue weighted by Gasteiger charge is 2.34. The number of pyridine rings is 1. The molecule has 0 aliphatic heterocycles. The minimum Gasteiger partial charge on any atom is -0.365 e. The third-order valence-electron chi connectivity index (χ3n) is 3.48. The molecule has 1 amide bonds. The molecule has 17 heavy (non-hydrogen) atoms. The second kappa shape index (κ2) is 3.70. The van der Waals surface area contributed by atoms with Gasteiger partial charge in [-0.15, -0.1) is 0 Å². The molecule has 1 saturated carbocycles. The van der Waals surface area contributed by atoms with Crippen LogP contribution in [0, 0.1) is 0 Å². The van der Waals surface area contributed by atoms with Crippen molar-refractivity contribution >= 4 is 11.7 Å². The highest BCUT2D eigenvalue weighted by molar-refractivity contribution is 5.98. The smallest absolute Gasteiger partial charge is 0.252 e. The summed E-state index contributed by atoms with van der Waals surface area (Å²) in [6, 6.07) is 2.29. The Morgan fingerprint density at radius 1 is 1.47 bits per heavy atom. The zero-order valence-corrected chi connectivity index (χ0v) is 9.57. The van der Waals surface area contributed by atoms with Crippen LogP contribution in [0.5, 0.6) is 0 Å². The topological polar surface area (TPSA) is 94.0 Å². The lowest BCUT2D eigenvalue weighted by molar-refractivity contribution is 0.100. The zero-order chi connectivity index (χ0) is 12.0. The van der Waals surface area contributed by atoms with Crippen molar-refractivity contribution in [3.8, 4) is 0 Å². The van der Waals surface area contributed by atoms with E-state index in [1.165, 1.54) is 0 Å². The van der Waals surface area contributed by atoms with Crippen LogP contribution in [0.3, 0.4) is 0 Å². The van der Waals surface area contributed by atoms with Gasteiger partial charge < -0.3 is 16.8 Å². The number of carbonyl (C=O) groups excluding carboxylic acids is 1. The lowest BCUT2D eigenvalue weighted by Crippen LogP contribution is -2.20. The molecule has 3 rings (SSSR count). The Kier molecular flexibility index (Phi) is 2.29. The maximum absolute atomic E-state index is 11.4. The molecular formula is C12H16N4O. The summed E-state index contributed by atoms with van der Waals surface area (Å²) >= 11 is 0. The number of nitrogens with one attached hydrogen (secondary N) is 1. The van der Waals surface area contributed by atoms with Crippen LogP contribution in [0.4, 0.5) is 5.82 Å². The number of hydrogen-bond acceptors (Lipinski definition) is 4. The van der Waals surface area contributed by atoms with E-state index in [1.54, 1.807) is 0 Å². The number of rotatable bonds is 3. The Labute approximate surface area is 99.6 Å². The van der Waals surface area contributed by atoms with Crippen molar-refractivity contribution in [2.75, 3.05) is 5.32 Å². The van der Waals surface area contributed by atoms with Gasteiger partial charge in [0.1, 0.15) is 5.82 Å². The molecule has 1 heterocycles. The lowest BCUT2D eigenvalue weighted by Gasteiger charge is -2.11. The van der Waals surface area contributed by atoms with E-state index >= 15 is 0 Å². The summed E-state index contributed by atoms with van der Waals surface area (Å²) in [6.07, 6.45) is 4.01. The number of anilines is 1. The van der Waals surface area contributed by atoms with Gasteiger partial charge in [-0.2, -0.15) is 0 Å². The van der Waals surface area contributed by atoms with Crippen LogP contribution in [-0.2, 0) is 12.8 Å². The van der Waals surface area contributed by atoms with Gasteiger partial charge in [0, 0.05) is 17.8 Å². The molecule has 5 heteroatoms. The molecule has 2 unspecified atom stereocenters. The minimum absolute atomic E-state index is 0.172. The van der Waals surface area contributed by atoms with Crippen LogP contribution in [0.25, 0.3) is 0 Å². The fourth-order valence-electron chi connectivity index (χ4n) is 2.33. The molecule has 0 aromatic carbocycles. The molecule has 0 bridgehead atoms. The Balaban J connectivity index is 1.96. The molecule has 2 atom stereocenters. The van der Waals surface area contributed by atoms with Gasteiger partial charge in [0.2, 0.25) is 0 Å². The highest BCUT2D eigenvalue weighted by Crippen LogP contribution is 2.29. The SMILES string of the molecule is NC(=O)c1cc2c(nc1NC1CC1N)CCC2. The number of fused-ring (bicyclic) bond motifs is 1. The van der Waals surface area contributed by atoms with E-state index in [0.29, 0.717) is 11.4 Å². The Hall–Kier alpha value is -1.62. The first-order valence-electron chi connectivity index (χ1n) is 6.00. The van der Waals surface area contributed by atoms with Crippen LogP contribution in [0.15, 0.2) is 6.07 Å². The quantitative estimate of drug-likeness (QED) is 0.693. The Morgan fingerprint density at radius 2 is 2.24 bits per heavy atom. The number of primary amides is 1. The molecule has 5 nitrogen and oxygen atoms in total. The first-order chi connectivity index (χ1) is 8.15. The third-order valence-corrected chi connectivity index (χ3v) is 3.48. The largest absolute Gasteiger partial charge is 0.365 e. The van der Waals surface area contributed by atoms with E-state index in [1.807, 2.05) is 6.07 Å². The Morgan fingerprint density at radius 3 is 2.88 bits per heavy atom. The van der Waals surface area contributed by atoms with Crippen LogP contribution in [0.1, 0.15) is 34.5 Å². The number of aromatic nitrogens is 1. The van der Waals surface area contributed by atoms with Gasteiger partial charge in [-0.05, 0) is 37.3 Å². The maximum atomic E-state index is 11.4. The van der Waals surface area contributed by atoms with Crippen molar-refractivity contribution in [1.29, 1.82) is 0 Å². The minimum atomic E-state index is -0.427. The predicted molar refractivity (Wildman–Crippen MR) is 64.8 cm³/mol. The summed E-state index contributed by atoms with van der Waals surface area (Å²) in [4.78, 5) is 15.9. The molecule has 0 radical (unpaired) electrons. The van der Waals surface area contributed by atoms with Gasteiger partial charge in [-0.25, -0.2) is 4.98 Å². The normalized spacial score (nSPS) is 25.5. The molecule has 90 valence electrons. The fraction of sp³-hybridized carbons (Fsp3) is 0.500. The molecule has 1 aromatic heterocycles. The molecule has 0 saturated heterocycles. The monoisotopic (exact) mass is 232 g/mol. The van der Waals surface area contributed by atoms with Crippen molar-refractivity contribution in [3.63, 3.8) is 0 Å². The van der Waals surface area contributed by atoms with Crippen molar-refractivity contribution in [2.24, 2.45) is 11.5 Å². The van der Waals surface area contributed by atoms with Crippen molar-refractivity contribution in [2.45, 2.75) is 37.8 Å². The van der Waals surface area contributed by atoms with E-state index in [4.69, 9.17) is 11.5 Å². The van der Waals surface area contributed by atoms with E-state index in [-0.39, 0.29) is 12.1 Å². The van der Waals surface area contributed by atoms with E-state index in [2.05, 4.69) is 10.3 Å². The Bertz CT molecular complexity index is 486. The standard InChI is InChI=1S/C12H16N4O/c13-8-5-10(8)16-12-7(11(14)17)4-6-2-1-3-9(6)15-12/h4,8,10H,1-3,5,13H2,(H2,14,17)(H,15,16). The maximum Gasteiger partial charge on any atom is 0.252 e. The summed E-state index contributed by atoms with van der Waals surface area (Å²) < 4.78 is 0. The van der Waals surface area contributed by atoms with Gasteiger partial charge in [-0.3, -0.25) is 4.79 Å². The van der Waals surface area contributed by atoms with Crippen LogP contribution >= 0.6 is 0 Å². The number of amides is 1. The third kappa shape index (κ3) is 1.86. The summed E-state index contributed by atoms with van der Waals surface area (Å²) in [6.45, 7) is 0. The number of nitrogens with zero attached hydrogens (tertiary/aromatic N) is 1. The van der Waals surface area contributed by atoms with Crippen LogP contribution in [-0.4, -0.2) is 23.0 Å². The molecule has 1 aromatic rings.